The lowest BCUT2D eigenvalue weighted by Gasteiger charge is -2.07. The smallest absolute Gasteiger partial charge is 0.0330 e. The van der Waals surface area contributed by atoms with Gasteiger partial charge in [0.1, 0.15) is 0 Å². The van der Waals surface area contributed by atoms with Crippen molar-refractivity contribution in [2.24, 2.45) is 16.6 Å². The van der Waals surface area contributed by atoms with Crippen LogP contribution in [0.5, 0.6) is 0 Å². The van der Waals surface area contributed by atoms with Gasteiger partial charge in [-0.2, -0.15) is 0 Å². The molecule has 0 saturated heterocycles. The summed E-state index contributed by atoms with van der Waals surface area (Å²) >= 11 is 0. The Morgan fingerprint density at radius 1 is 1.58 bits per heavy atom. The molecule has 0 aromatic carbocycles. The van der Waals surface area contributed by atoms with E-state index in [-0.39, 0.29) is 0 Å². The van der Waals surface area contributed by atoms with Gasteiger partial charge in [-0.15, -0.1) is 0 Å². The normalized spacial score (nSPS) is 16.3. The molecule has 0 fully saturated rings. The Morgan fingerprint density at radius 2 is 2.17 bits per heavy atom. The molecule has 0 saturated carbocycles. The van der Waals surface area contributed by atoms with Crippen molar-refractivity contribution >= 4 is 5.71 Å². The van der Waals surface area contributed by atoms with Gasteiger partial charge in [0.05, 0.1) is 0 Å². The molecule has 1 unspecified atom stereocenters. The number of allylic oxidation sites excluding steroid dienone is 2. The fraction of sp³-hybridized carbons (Fsp3) is 0.700. The fourth-order valence-corrected chi connectivity index (χ4v) is 0.938. The zero-order valence-electron chi connectivity index (χ0n) is 8.59. The molecule has 70 valence electrons. The molecular formula is C10H20N2. The molecule has 0 rings (SSSR count). The minimum absolute atomic E-state index is 0.672. The van der Waals surface area contributed by atoms with Crippen LogP contribution in [0.25, 0.3) is 0 Å². The Kier molecular flexibility index (Phi) is 5.43. The molecule has 2 N–H and O–H groups in total. The first kappa shape index (κ1) is 11.2. The molecule has 0 aliphatic rings. The van der Waals surface area contributed by atoms with Crippen molar-refractivity contribution in [3.63, 3.8) is 0 Å². The summed E-state index contributed by atoms with van der Waals surface area (Å²) in [5.74, 6) is 0.672. The van der Waals surface area contributed by atoms with Crippen molar-refractivity contribution in [1.82, 2.24) is 0 Å². The predicted molar refractivity (Wildman–Crippen MR) is 55.4 cm³/mol. The second kappa shape index (κ2) is 5.81. The van der Waals surface area contributed by atoms with E-state index in [2.05, 4.69) is 18.8 Å². The van der Waals surface area contributed by atoms with Crippen LogP contribution in [0.1, 0.15) is 33.6 Å². The molecule has 0 aliphatic carbocycles. The van der Waals surface area contributed by atoms with E-state index in [4.69, 9.17) is 5.73 Å². The van der Waals surface area contributed by atoms with Gasteiger partial charge in [-0.3, -0.25) is 4.99 Å². The molecule has 0 amide bonds. The van der Waals surface area contributed by atoms with Crippen LogP contribution in [0.2, 0.25) is 0 Å². The first-order chi connectivity index (χ1) is 5.60. The van der Waals surface area contributed by atoms with Gasteiger partial charge in [0.15, 0.2) is 0 Å². The quantitative estimate of drug-likeness (QED) is 0.643. The summed E-state index contributed by atoms with van der Waals surface area (Å²) < 4.78 is 0. The topological polar surface area (TPSA) is 38.4 Å². The van der Waals surface area contributed by atoms with E-state index < -0.39 is 0 Å². The zero-order chi connectivity index (χ0) is 9.56. The Balaban J connectivity index is 4.02. The van der Waals surface area contributed by atoms with Gasteiger partial charge in [-0.25, -0.2) is 0 Å². The van der Waals surface area contributed by atoms with Gasteiger partial charge in [-0.1, -0.05) is 20.3 Å². The Hall–Kier alpha value is -0.790. The van der Waals surface area contributed by atoms with Crippen molar-refractivity contribution < 1.29 is 0 Å². The summed E-state index contributed by atoms with van der Waals surface area (Å²) in [5, 5.41) is 0. The highest BCUT2D eigenvalue weighted by Crippen LogP contribution is 2.10. The molecule has 2 heteroatoms. The van der Waals surface area contributed by atoms with Crippen molar-refractivity contribution in [2.45, 2.75) is 33.6 Å². The SMILES string of the molecule is CCC(C)C/C(N)=C/C(C)=NC. The first-order valence-electron chi connectivity index (χ1n) is 4.49. The number of hydrogen-bond donors (Lipinski definition) is 1. The lowest BCUT2D eigenvalue weighted by Crippen LogP contribution is -2.05. The van der Waals surface area contributed by atoms with E-state index in [0.717, 1.165) is 17.8 Å². The van der Waals surface area contributed by atoms with E-state index >= 15 is 0 Å². The summed E-state index contributed by atoms with van der Waals surface area (Å²) in [5.41, 5.74) is 7.74. The molecule has 0 bridgehead atoms. The van der Waals surface area contributed by atoms with E-state index in [1.807, 2.05) is 13.0 Å². The van der Waals surface area contributed by atoms with Crippen molar-refractivity contribution in [1.29, 1.82) is 0 Å². The molecule has 0 aliphatic heterocycles. The lowest BCUT2D eigenvalue weighted by atomic mass is 10.0. The minimum Gasteiger partial charge on any atom is -0.402 e. The second-order valence-corrected chi connectivity index (χ2v) is 3.30. The average molecular weight is 168 g/mol. The van der Waals surface area contributed by atoms with Gasteiger partial charge in [0, 0.05) is 18.5 Å². The highest BCUT2D eigenvalue weighted by Gasteiger charge is 1.99. The highest BCUT2D eigenvalue weighted by molar-refractivity contribution is 5.93. The standard InChI is InChI=1S/C10H20N2/c1-5-8(2)6-10(11)7-9(3)12-4/h7-8H,5-6,11H2,1-4H3/b10-7-,12-9?. The zero-order valence-corrected chi connectivity index (χ0v) is 8.59. The molecule has 2 nitrogen and oxygen atoms in total. The van der Waals surface area contributed by atoms with Crippen LogP contribution in [0.3, 0.4) is 0 Å². The number of rotatable bonds is 4. The summed E-state index contributed by atoms with van der Waals surface area (Å²) in [6.07, 6.45) is 4.10. The predicted octanol–water partition coefficient (Wildman–Crippen LogP) is 2.36. The molecule has 12 heavy (non-hydrogen) atoms. The Labute approximate surface area is 75.6 Å². The maximum absolute atomic E-state index is 5.81. The van der Waals surface area contributed by atoms with Gasteiger partial charge in [0.2, 0.25) is 0 Å². The summed E-state index contributed by atoms with van der Waals surface area (Å²) in [6, 6.07) is 0. The second-order valence-electron chi connectivity index (χ2n) is 3.30. The molecule has 0 radical (unpaired) electrons. The van der Waals surface area contributed by atoms with Crippen LogP contribution in [0.4, 0.5) is 0 Å². The molecule has 0 heterocycles. The van der Waals surface area contributed by atoms with Crippen LogP contribution in [0.15, 0.2) is 16.8 Å². The lowest BCUT2D eigenvalue weighted by molar-refractivity contribution is 0.555. The van der Waals surface area contributed by atoms with Gasteiger partial charge >= 0.3 is 0 Å². The third-order valence-electron chi connectivity index (χ3n) is 2.03. The van der Waals surface area contributed by atoms with Gasteiger partial charge < -0.3 is 5.73 Å². The first-order valence-corrected chi connectivity index (χ1v) is 4.49. The number of nitrogens with zero attached hydrogens (tertiary/aromatic N) is 1. The molecule has 1 atom stereocenters. The molecule has 0 aromatic rings. The van der Waals surface area contributed by atoms with Crippen LogP contribution >= 0.6 is 0 Å². The summed E-state index contributed by atoms with van der Waals surface area (Å²) in [6.45, 7) is 6.35. The third kappa shape index (κ3) is 4.94. The molecular weight excluding hydrogens is 148 g/mol. The Morgan fingerprint density at radius 3 is 2.58 bits per heavy atom. The van der Waals surface area contributed by atoms with Crippen molar-refractivity contribution in [3.8, 4) is 0 Å². The number of hydrogen-bond acceptors (Lipinski definition) is 2. The summed E-state index contributed by atoms with van der Waals surface area (Å²) in [7, 11) is 1.78. The van der Waals surface area contributed by atoms with Gasteiger partial charge in [-0.05, 0) is 25.3 Å². The highest BCUT2D eigenvalue weighted by atomic mass is 14.7. The fourth-order valence-electron chi connectivity index (χ4n) is 0.938. The molecule has 0 spiro atoms. The van der Waals surface area contributed by atoms with Crippen molar-refractivity contribution in [2.75, 3.05) is 7.05 Å². The third-order valence-corrected chi connectivity index (χ3v) is 2.03. The van der Waals surface area contributed by atoms with Crippen molar-refractivity contribution in [3.05, 3.63) is 11.8 Å². The van der Waals surface area contributed by atoms with E-state index in [9.17, 15) is 0 Å². The van der Waals surface area contributed by atoms with E-state index in [1.165, 1.54) is 6.42 Å². The number of nitrogens with two attached hydrogens (primary N) is 1. The maximum atomic E-state index is 5.81. The summed E-state index contributed by atoms with van der Waals surface area (Å²) in [4.78, 5) is 4.02. The van der Waals surface area contributed by atoms with Crippen LogP contribution in [-0.2, 0) is 0 Å². The van der Waals surface area contributed by atoms with Crippen LogP contribution < -0.4 is 5.73 Å². The number of aliphatic imine (C=N–C) groups is 1. The largest absolute Gasteiger partial charge is 0.402 e. The average Bonchev–Trinajstić information content (AvgIpc) is 2.03. The minimum atomic E-state index is 0.672. The van der Waals surface area contributed by atoms with Crippen LogP contribution in [0, 0.1) is 5.92 Å². The Bertz CT molecular complexity index is 180. The maximum Gasteiger partial charge on any atom is 0.0330 e. The van der Waals surface area contributed by atoms with E-state index in [0.29, 0.717) is 5.92 Å². The van der Waals surface area contributed by atoms with E-state index in [1.54, 1.807) is 7.05 Å². The molecule has 0 aromatic heterocycles. The van der Waals surface area contributed by atoms with Crippen LogP contribution in [-0.4, -0.2) is 12.8 Å². The monoisotopic (exact) mass is 168 g/mol. The van der Waals surface area contributed by atoms with Gasteiger partial charge in [0.25, 0.3) is 0 Å².